The van der Waals surface area contributed by atoms with Crippen molar-refractivity contribution in [2.24, 2.45) is 0 Å². The molecule has 0 atom stereocenters. The first-order valence-corrected chi connectivity index (χ1v) is 14.8. The quantitative estimate of drug-likeness (QED) is 0.384. The van der Waals surface area contributed by atoms with Crippen molar-refractivity contribution in [1.29, 1.82) is 0 Å². The van der Waals surface area contributed by atoms with Gasteiger partial charge in [-0.1, -0.05) is 55.7 Å². The molecule has 5 nitrogen and oxygen atoms in total. The summed E-state index contributed by atoms with van der Waals surface area (Å²) in [7, 11) is 0. The van der Waals surface area contributed by atoms with Crippen LogP contribution in [0.2, 0.25) is 0 Å². The highest BCUT2D eigenvalue weighted by Gasteiger charge is 2.47. The van der Waals surface area contributed by atoms with Gasteiger partial charge in [-0.05, 0) is 50.4 Å². The van der Waals surface area contributed by atoms with E-state index >= 15 is 0 Å². The second-order valence-corrected chi connectivity index (χ2v) is 12.0. The van der Waals surface area contributed by atoms with Crippen molar-refractivity contribution < 1.29 is 4.79 Å². The van der Waals surface area contributed by atoms with E-state index in [4.69, 9.17) is 0 Å². The van der Waals surface area contributed by atoms with E-state index in [0.717, 1.165) is 64.4 Å². The van der Waals surface area contributed by atoms with Gasteiger partial charge in [0.2, 0.25) is 5.91 Å². The van der Waals surface area contributed by atoms with E-state index in [-0.39, 0.29) is 4.75 Å². The average molecular weight is 503 g/mol. The zero-order chi connectivity index (χ0) is 24.4. The number of carbonyl (C=O) groups is 1. The number of anilines is 1. The number of amides is 1. The molecule has 1 saturated carbocycles. The van der Waals surface area contributed by atoms with Gasteiger partial charge in [0.05, 0.1) is 21.8 Å². The maximum Gasteiger partial charge on any atom is 0.239 e. The fourth-order valence-electron chi connectivity index (χ4n) is 6.32. The van der Waals surface area contributed by atoms with E-state index in [0.29, 0.717) is 5.91 Å². The third-order valence-electron chi connectivity index (χ3n) is 8.43. The SMILES string of the molecule is O=C1N(CCCCN2CCN(c3cn(-c4ccccc4)c4ccccc34)CC2)CSC12CCCCC2. The number of aromatic nitrogens is 1. The van der Waals surface area contributed by atoms with Crippen molar-refractivity contribution in [3.05, 3.63) is 60.8 Å². The Kier molecular flexibility index (Phi) is 6.98. The summed E-state index contributed by atoms with van der Waals surface area (Å²) in [5.41, 5.74) is 3.82. The molecule has 3 fully saturated rings. The van der Waals surface area contributed by atoms with Crippen LogP contribution < -0.4 is 4.90 Å². The Bertz CT molecular complexity index is 1180. The van der Waals surface area contributed by atoms with Crippen molar-refractivity contribution in [1.82, 2.24) is 14.4 Å². The molecule has 6 rings (SSSR count). The summed E-state index contributed by atoms with van der Waals surface area (Å²) < 4.78 is 2.27. The summed E-state index contributed by atoms with van der Waals surface area (Å²) in [6.07, 6.45) is 10.6. The van der Waals surface area contributed by atoms with Crippen molar-refractivity contribution >= 4 is 34.3 Å². The van der Waals surface area contributed by atoms with Gasteiger partial charge in [0, 0.05) is 50.0 Å². The zero-order valence-electron chi connectivity index (χ0n) is 21.3. The van der Waals surface area contributed by atoms with Gasteiger partial charge in [-0.25, -0.2) is 0 Å². The molecule has 1 spiro atoms. The molecule has 1 aliphatic carbocycles. The first-order chi connectivity index (χ1) is 17.7. The Morgan fingerprint density at radius 2 is 1.53 bits per heavy atom. The van der Waals surface area contributed by atoms with Gasteiger partial charge in [-0.3, -0.25) is 9.69 Å². The van der Waals surface area contributed by atoms with Crippen LogP contribution in [0, 0.1) is 0 Å². The third-order valence-corrected chi connectivity index (χ3v) is 10.0. The monoisotopic (exact) mass is 502 g/mol. The Balaban J connectivity index is 1.01. The lowest BCUT2D eigenvalue weighted by Crippen LogP contribution is -2.46. The Morgan fingerprint density at radius 3 is 2.33 bits per heavy atom. The van der Waals surface area contributed by atoms with Crippen molar-refractivity contribution in [2.45, 2.75) is 49.7 Å². The number of thioether (sulfide) groups is 1. The molecule has 6 heteroatoms. The fraction of sp³-hybridized carbons (Fsp3) is 0.500. The van der Waals surface area contributed by atoms with E-state index in [1.54, 1.807) is 0 Å². The number of piperazine rings is 1. The largest absolute Gasteiger partial charge is 0.367 e. The number of hydrogen-bond acceptors (Lipinski definition) is 4. The summed E-state index contributed by atoms with van der Waals surface area (Å²) in [6, 6.07) is 19.4. The number of para-hydroxylation sites is 2. The van der Waals surface area contributed by atoms with Gasteiger partial charge in [0.15, 0.2) is 0 Å². The standard InChI is InChI=1S/C30H38N4OS/c35-29-30(15-7-2-8-16-30)36-24-33(29)18-10-9-17-31-19-21-32(22-20-31)28-23-34(25-11-3-1-4-12-25)27-14-6-5-13-26(27)28/h1,3-6,11-14,23H,2,7-10,15-22,24H2. The maximum atomic E-state index is 13.0. The second kappa shape index (κ2) is 10.5. The molecule has 0 unspecified atom stereocenters. The van der Waals surface area contributed by atoms with Crippen LogP contribution in [-0.4, -0.2) is 70.2 Å². The van der Waals surface area contributed by atoms with Crippen molar-refractivity contribution in [3.63, 3.8) is 0 Å². The van der Waals surface area contributed by atoms with Crippen LogP contribution >= 0.6 is 11.8 Å². The van der Waals surface area contributed by atoms with Crippen LogP contribution in [0.4, 0.5) is 5.69 Å². The zero-order valence-corrected chi connectivity index (χ0v) is 22.1. The second-order valence-electron chi connectivity index (χ2n) is 10.7. The van der Waals surface area contributed by atoms with Crippen LogP contribution in [0.25, 0.3) is 16.6 Å². The van der Waals surface area contributed by atoms with E-state index in [1.807, 2.05) is 11.8 Å². The smallest absolute Gasteiger partial charge is 0.239 e. The van der Waals surface area contributed by atoms with Gasteiger partial charge in [-0.2, -0.15) is 0 Å². The molecule has 2 aliphatic heterocycles. The van der Waals surface area contributed by atoms with Gasteiger partial charge in [-0.15, -0.1) is 11.8 Å². The van der Waals surface area contributed by atoms with Crippen LogP contribution in [0.3, 0.4) is 0 Å². The highest BCUT2D eigenvalue weighted by atomic mass is 32.2. The molecule has 3 aliphatic rings. The predicted octanol–water partition coefficient (Wildman–Crippen LogP) is 5.77. The van der Waals surface area contributed by atoms with E-state index in [9.17, 15) is 4.79 Å². The summed E-state index contributed by atoms with van der Waals surface area (Å²) in [5, 5.41) is 1.33. The predicted molar refractivity (Wildman–Crippen MR) is 151 cm³/mol. The summed E-state index contributed by atoms with van der Waals surface area (Å²) in [4.78, 5) is 20.3. The Morgan fingerprint density at radius 1 is 0.806 bits per heavy atom. The van der Waals surface area contributed by atoms with Crippen molar-refractivity contribution in [3.8, 4) is 5.69 Å². The normalized spacial score (nSPS) is 20.6. The van der Waals surface area contributed by atoms with Gasteiger partial charge < -0.3 is 14.4 Å². The highest BCUT2D eigenvalue weighted by Crippen LogP contribution is 2.46. The number of carbonyl (C=O) groups excluding carboxylic acids is 1. The Labute approximate surface area is 219 Å². The molecule has 36 heavy (non-hydrogen) atoms. The molecule has 0 N–H and O–H groups in total. The van der Waals surface area contributed by atoms with Gasteiger partial charge in [0.1, 0.15) is 0 Å². The van der Waals surface area contributed by atoms with Crippen LogP contribution in [0.5, 0.6) is 0 Å². The van der Waals surface area contributed by atoms with Gasteiger partial charge in [0.25, 0.3) is 0 Å². The molecule has 190 valence electrons. The molecule has 1 amide bonds. The van der Waals surface area contributed by atoms with Crippen LogP contribution in [-0.2, 0) is 4.79 Å². The van der Waals surface area contributed by atoms with Crippen molar-refractivity contribution in [2.75, 3.05) is 50.0 Å². The number of nitrogens with zero attached hydrogens (tertiary/aromatic N) is 4. The fourth-order valence-corrected chi connectivity index (χ4v) is 7.80. The van der Waals surface area contributed by atoms with Gasteiger partial charge >= 0.3 is 0 Å². The third kappa shape index (κ3) is 4.66. The first-order valence-electron chi connectivity index (χ1n) is 13.8. The Hall–Kier alpha value is -2.44. The minimum Gasteiger partial charge on any atom is -0.367 e. The number of unbranched alkanes of at least 4 members (excludes halogenated alkanes) is 1. The lowest BCUT2D eigenvalue weighted by atomic mass is 9.87. The van der Waals surface area contributed by atoms with Crippen LogP contribution in [0.15, 0.2) is 60.8 Å². The first kappa shape index (κ1) is 23.9. The molecular weight excluding hydrogens is 464 g/mol. The van der Waals surface area contributed by atoms with E-state index < -0.39 is 0 Å². The summed E-state index contributed by atoms with van der Waals surface area (Å²) in [5.74, 6) is 1.35. The molecular formula is C30H38N4OS. The highest BCUT2D eigenvalue weighted by molar-refractivity contribution is 8.01. The molecule has 3 aromatic rings. The molecule has 1 aromatic heterocycles. The summed E-state index contributed by atoms with van der Waals surface area (Å²) in [6.45, 7) is 6.41. The van der Waals surface area contributed by atoms with Crippen LogP contribution in [0.1, 0.15) is 44.9 Å². The number of benzene rings is 2. The van der Waals surface area contributed by atoms with E-state index in [2.05, 4.69) is 80.1 Å². The lowest BCUT2D eigenvalue weighted by Gasteiger charge is -2.36. The number of fused-ring (bicyclic) bond motifs is 1. The van der Waals surface area contributed by atoms with E-state index in [1.165, 1.54) is 48.0 Å². The molecule has 3 heterocycles. The topological polar surface area (TPSA) is 31.7 Å². The number of hydrogen-bond donors (Lipinski definition) is 0. The summed E-state index contributed by atoms with van der Waals surface area (Å²) >= 11 is 1.93. The molecule has 2 saturated heterocycles. The average Bonchev–Trinajstić information content (AvgIpc) is 3.46. The molecule has 0 bridgehead atoms. The molecule has 0 radical (unpaired) electrons. The lowest BCUT2D eigenvalue weighted by molar-refractivity contribution is -0.132. The minimum atomic E-state index is -0.0573. The maximum absolute atomic E-state index is 13.0. The minimum absolute atomic E-state index is 0.0573. The molecule has 2 aromatic carbocycles. The number of rotatable bonds is 7.